The van der Waals surface area contributed by atoms with Crippen molar-refractivity contribution in [1.29, 1.82) is 0 Å². The standard InChI is InChI=1S/C24H27N3O2/c1-26(14-11-18-5-3-2-4-6-18)21-12-15-27(16-13-21)24(29)20-7-9-22-19(17-20)8-10-23(28)25-22/h2-10,17,21H,11-16H2,1H3,(H,25,28). The van der Waals surface area contributed by atoms with E-state index in [9.17, 15) is 9.59 Å². The second-order valence-corrected chi connectivity index (χ2v) is 7.86. The van der Waals surface area contributed by atoms with Crippen molar-refractivity contribution in [2.24, 2.45) is 0 Å². The number of carbonyl (C=O) groups excluding carboxylic acids is 1. The van der Waals surface area contributed by atoms with Crippen molar-refractivity contribution in [3.05, 3.63) is 82.1 Å². The van der Waals surface area contributed by atoms with E-state index in [0.29, 0.717) is 11.6 Å². The lowest BCUT2D eigenvalue weighted by Crippen LogP contribution is -2.46. The van der Waals surface area contributed by atoms with Gasteiger partial charge in [0.1, 0.15) is 0 Å². The van der Waals surface area contributed by atoms with Gasteiger partial charge in [-0.3, -0.25) is 9.59 Å². The maximum absolute atomic E-state index is 12.9. The van der Waals surface area contributed by atoms with E-state index >= 15 is 0 Å². The van der Waals surface area contributed by atoms with E-state index in [0.717, 1.165) is 49.8 Å². The number of hydrogen-bond acceptors (Lipinski definition) is 3. The number of H-pyrrole nitrogens is 1. The third-order valence-electron chi connectivity index (χ3n) is 5.94. The lowest BCUT2D eigenvalue weighted by molar-refractivity contribution is 0.0647. The Balaban J connectivity index is 1.33. The van der Waals surface area contributed by atoms with Gasteiger partial charge in [-0.2, -0.15) is 0 Å². The van der Waals surface area contributed by atoms with Gasteiger partial charge in [0.05, 0.1) is 0 Å². The summed E-state index contributed by atoms with van der Waals surface area (Å²) >= 11 is 0. The second kappa shape index (κ2) is 8.62. The molecular weight excluding hydrogens is 362 g/mol. The topological polar surface area (TPSA) is 56.4 Å². The van der Waals surface area contributed by atoms with Crippen LogP contribution >= 0.6 is 0 Å². The summed E-state index contributed by atoms with van der Waals surface area (Å²) in [6, 6.07) is 19.8. The van der Waals surface area contributed by atoms with E-state index in [2.05, 4.69) is 47.3 Å². The number of benzene rings is 2. The number of likely N-dealkylation sites (tertiary alicyclic amines) is 1. The Morgan fingerprint density at radius 2 is 1.83 bits per heavy atom. The van der Waals surface area contributed by atoms with Crippen molar-refractivity contribution in [1.82, 2.24) is 14.8 Å². The maximum Gasteiger partial charge on any atom is 0.253 e. The molecule has 3 aromatic rings. The third kappa shape index (κ3) is 4.57. The number of fused-ring (bicyclic) bond motifs is 1. The summed E-state index contributed by atoms with van der Waals surface area (Å²) in [6.07, 6.45) is 3.05. The number of carbonyl (C=O) groups is 1. The first-order chi connectivity index (χ1) is 14.1. The number of aromatic amines is 1. The van der Waals surface area contributed by atoms with Crippen molar-refractivity contribution >= 4 is 16.8 Å². The molecular formula is C24H27N3O2. The van der Waals surface area contributed by atoms with Gasteiger partial charge in [0.25, 0.3) is 5.91 Å². The van der Waals surface area contributed by atoms with Crippen LogP contribution in [0.15, 0.2) is 65.5 Å². The van der Waals surface area contributed by atoms with Crippen LogP contribution < -0.4 is 5.56 Å². The molecule has 2 heterocycles. The first-order valence-corrected chi connectivity index (χ1v) is 10.3. The van der Waals surface area contributed by atoms with Gasteiger partial charge in [-0.15, -0.1) is 0 Å². The lowest BCUT2D eigenvalue weighted by atomic mass is 10.0. The largest absolute Gasteiger partial charge is 0.339 e. The zero-order chi connectivity index (χ0) is 20.2. The van der Waals surface area contributed by atoms with Crippen LogP contribution in [-0.4, -0.2) is 53.4 Å². The van der Waals surface area contributed by atoms with Gasteiger partial charge in [-0.05, 0) is 61.5 Å². The normalized spacial score (nSPS) is 15.2. The number of amides is 1. The molecule has 1 aromatic heterocycles. The van der Waals surface area contributed by atoms with Gasteiger partial charge in [0.2, 0.25) is 5.56 Å². The molecule has 0 spiro atoms. The predicted molar refractivity (Wildman–Crippen MR) is 116 cm³/mol. The van der Waals surface area contributed by atoms with Gasteiger partial charge in [-0.25, -0.2) is 0 Å². The Morgan fingerprint density at radius 3 is 2.59 bits per heavy atom. The summed E-state index contributed by atoms with van der Waals surface area (Å²) in [7, 11) is 2.19. The fraction of sp³-hybridized carbons (Fsp3) is 0.333. The molecule has 29 heavy (non-hydrogen) atoms. The van der Waals surface area contributed by atoms with Gasteiger partial charge in [0.15, 0.2) is 0 Å². The van der Waals surface area contributed by atoms with Crippen molar-refractivity contribution in [3.63, 3.8) is 0 Å². The average Bonchev–Trinajstić information content (AvgIpc) is 2.77. The Hall–Kier alpha value is -2.92. The van der Waals surface area contributed by atoms with Crippen LogP contribution in [0.1, 0.15) is 28.8 Å². The minimum absolute atomic E-state index is 0.0727. The van der Waals surface area contributed by atoms with E-state index in [1.807, 2.05) is 17.0 Å². The minimum Gasteiger partial charge on any atom is -0.339 e. The SMILES string of the molecule is CN(CCc1ccccc1)C1CCN(C(=O)c2ccc3[nH]c(=O)ccc3c2)CC1. The molecule has 0 atom stereocenters. The fourth-order valence-corrected chi connectivity index (χ4v) is 4.11. The first kappa shape index (κ1) is 19.4. The average molecular weight is 389 g/mol. The number of aromatic nitrogens is 1. The van der Waals surface area contributed by atoms with Crippen molar-refractivity contribution in [3.8, 4) is 0 Å². The van der Waals surface area contributed by atoms with E-state index in [1.165, 1.54) is 11.6 Å². The predicted octanol–water partition coefficient (Wildman–Crippen LogP) is 3.31. The number of rotatable bonds is 5. The molecule has 4 rings (SSSR count). The molecule has 1 aliphatic rings. The molecule has 1 fully saturated rings. The molecule has 0 radical (unpaired) electrons. The fourth-order valence-electron chi connectivity index (χ4n) is 4.11. The smallest absolute Gasteiger partial charge is 0.253 e. The molecule has 1 aliphatic heterocycles. The highest BCUT2D eigenvalue weighted by Crippen LogP contribution is 2.20. The van der Waals surface area contributed by atoms with E-state index in [1.54, 1.807) is 12.1 Å². The molecule has 0 aliphatic carbocycles. The number of nitrogens with zero attached hydrogens (tertiary/aromatic N) is 2. The van der Waals surface area contributed by atoms with E-state index in [-0.39, 0.29) is 11.5 Å². The van der Waals surface area contributed by atoms with Crippen LogP contribution in [-0.2, 0) is 6.42 Å². The van der Waals surface area contributed by atoms with Crippen LogP contribution in [0.4, 0.5) is 0 Å². The lowest BCUT2D eigenvalue weighted by Gasteiger charge is -2.37. The van der Waals surface area contributed by atoms with Crippen LogP contribution in [0, 0.1) is 0 Å². The highest BCUT2D eigenvalue weighted by atomic mass is 16.2. The second-order valence-electron chi connectivity index (χ2n) is 7.86. The molecule has 1 N–H and O–H groups in total. The monoisotopic (exact) mass is 389 g/mol. The number of likely N-dealkylation sites (N-methyl/N-ethyl adjacent to an activating group) is 1. The Labute approximate surface area is 171 Å². The van der Waals surface area contributed by atoms with Crippen LogP contribution in [0.25, 0.3) is 10.9 Å². The molecule has 1 saturated heterocycles. The molecule has 5 heteroatoms. The Morgan fingerprint density at radius 1 is 1.07 bits per heavy atom. The van der Waals surface area contributed by atoms with Crippen LogP contribution in [0.5, 0.6) is 0 Å². The summed E-state index contributed by atoms with van der Waals surface area (Å²) < 4.78 is 0. The minimum atomic E-state index is -0.130. The number of pyridine rings is 1. The molecule has 5 nitrogen and oxygen atoms in total. The zero-order valence-electron chi connectivity index (χ0n) is 16.8. The zero-order valence-corrected chi connectivity index (χ0v) is 16.8. The third-order valence-corrected chi connectivity index (χ3v) is 5.94. The van der Waals surface area contributed by atoms with Gasteiger partial charge >= 0.3 is 0 Å². The van der Waals surface area contributed by atoms with E-state index in [4.69, 9.17) is 0 Å². The maximum atomic E-state index is 12.9. The number of piperidine rings is 1. The van der Waals surface area contributed by atoms with Crippen molar-refractivity contribution in [2.75, 3.05) is 26.7 Å². The van der Waals surface area contributed by atoms with Crippen LogP contribution in [0.2, 0.25) is 0 Å². The first-order valence-electron chi connectivity index (χ1n) is 10.3. The van der Waals surface area contributed by atoms with Gasteiger partial charge in [0, 0.05) is 42.8 Å². The highest BCUT2D eigenvalue weighted by molar-refractivity contribution is 5.98. The van der Waals surface area contributed by atoms with E-state index < -0.39 is 0 Å². The molecule has 0 unspecified atom stereocenters. The molecule has 1 amide bonds. The molecule has 0 saturated carbocycles. The van der Waals surface area contributed by atoms with Crippen molar-refractivity contribution in [2.45, 2.75) is 25.3 Å². The number of nitrogens with one attached hydrogen (secondary N) is 1. The number of hydrogen-bond donors (Lipinski definition) is 1. The Bertz CT molecular complexity index is 1040. The van der Waals surface area contributed by atoms with Crippen molar-refractivity contribution < 1.29 is 4.79 Å². The van der Waals surface area contributed by atoms with Gasteiger partial charge in [-0.1, -0.05) is 30.3 Å². The summed E-state index contributed by atoms with van der Waals surface area (Å²) in [6.45, 7) is 2.59. The summed E-state index contributed by atoms with van der Waals surface area (Å²) in [5.41, 5.74) is 2.67. The highest BCUT2D eigenvalue weighted by Gasteiger charge is 2.25. The van der Waals surface area contributed by atoms with Crippen LogP contribution in [0.3, 0.4) is 0 Å². The quantitative estimate of drug-likeness (QED) is 0.728. The Kier molecular flexibility index (Phi) is 5.76. The van der Waals surface area contributed by atoms with Gasteiger partial charge < -0.3 is 14.8 Å². The summed E-state index contributed by atoms with van der Waals surface area (Å²) in [5, 5.41) is 0.881. The molecule has 150 valence electrons. The molecule has 2 aromatic carbocycles. The summed E-state index contributed by atoms with van der Waals surface area (Å²) in [4.78, 5) is 31.5. The molecule has 0 bridgehead atoms. The summed E-state index contributed by atoms with van der Waals surface area (Å²) in [5.74, 6) is 0.0727.